The number of H-pyrrole nitrogens is 1. The maximum absolute atomic E-state index is 12.6. The lowest BCUT2D eigenvalue weighted by Crippen LogP contribution is -2.25. The first kappa shape index (κ1) is 18.0. The van der Waals surface area contributed by atoms with E-state index in [1.54, 1.807) is 0 Å². The Labute approximate surface area is 167 Å². The standard InChI is InChI=1S/C21H23BrN4O/c22-19-16-7-3-4-8-17(16)25-20(19)21(27)24-14-15-9-10-18(23-13-15)26-11-5-1-2-6-12-26/h3-4,7-10,13,25H,1-2,5-6,11-12,14H2,(H,24,27). The second-order valence-electron chi connectivity index (χ2n) is 6.97. The molecule has 1 aromatic carbocycles. The van der Waals surface area contributed by atoms with E-state index in [1.807, 2.05) is 36.5 Å². The largest absolute Gasteiger partial charge is 0.357 e. The van der Waals surface area contributed by atoms with Crippen molar-refractivity contribution in [1.29, 1.82) is 0 Å². The van der Waals surface area contributed by atoms with E-state index < -0.39 is 0 Å². The Morgan fingerprint density at radius 2 is 1.89 bits per heavy atom. The van der Waals surface area contributed by atoms with Crippen molar-refractivity contribution in [2.75, 3.05) is 18.0 Å². The summed E-state index contributed by atoms with van der Waals surface area (Å²) in [5.74, 6) is 0.903. The zero-order valence-electron chi connectivity index (χ0n) is 15.2. The molecule has 4 rings (SSSR count). The van der Waals surface area contributed by atoms with Crippen LogP contribution in [0.3, 0.4) is 0 Å². The lowest BCUT2D eigenvalue weighted by molar-refractivity contribution is 0.0946. The lowest BCUT2D eigenvalue weighted by atomic mass is 10.2. The Morgan fingerprint density at radius 1 is 1.11 bits per heavy atom. The SMILES string of the molecule is O=C(NCc1ccc(N2CCCCCC2)nc1)c1[nH]c2ccccc2c1Br. The van der Waals surface area contributed by atoms with Crippen LogP contribution >= 0.6 is 15.9 Å². The molecule has 0 saturated carbocycles. The summed E-state index contributed by atoms with van der Waals surface area (Å²) < 4.78 is 0.797. The molecule has 0 bridgehead atoms. The Hall–Kier alpha value is -2.34. The fraction of sp³-hybridized carbons (Fsp3) is 0.333. The maximum atomic E-state index is 12.6. The van der Waals surface area contributed by atoms with Gasteiger partial charge in [-0.3, -0.25) is 4.79 Å². The van der Waals surface area contributed by atoms with Gasteiger partial charge in [0.05, 0.1) is 4.47 Å². The highest BCUT2D eigenvalue weighted by atomic mass is 79.9. The van der Waals surface area contributed by atoms with E-state index in [2.05, 4.69) is 42.2 Å². The molecular weight excluding hydrogens is 404 g/mol. The van der Waals surface area contributed by atoms with Gasteiger partial charge in [-0.25, -0.2) is 4.98 Å². The molecule has 0 aliphatic carbocycles. The van der Waals surface area contributed by atoms with Gasteiger partial charge in [0, 0.05) is 36.7 Å². The third kappa shape index (κ3) is 4.00. The summed E-state index contributed by atoms with van der Waals surface area (Å²) >= 11 is 3.53. The number of benzene rings is 1. The summed E-state index contributed by atoms with van der Waals surface area (Å²) in [6.07, 6.45) is 6.95. The fourth-order valence-corrected chi connectivity index (χ4v) is 4.17. The summed E-state index contributed by atoms with van der Waals surface area (Å²) in [5.41, 5.74) is 2.48. The van der Waals surface area contributed by atoms with Crippen LogP contribution in [-0.2, 0) is 6.54 Å². The molecule has 2 aromatic heterocycles. The number of para-hydroxylation sites is 1. The van der Waals surface area contributed by atoms with Gasteiger partial charge in [-0.2, -0.15) is 0 Å². The Bertz CT molecular complexity index is 927. The Morgan fingerprint density at radius 3 is 2.59 bits per heavy atom. The highest BCUT2D eigenvalue weighted by molar-refractivity contribution is 9.10. The predicted octanol–water partition coefficient (Wildman–Crippen LogP) is 4.64. The molecule has 0 atom stereocenters. The van der Waals surface area contributed by atoms with E-state index in [4.69, 9.17) is 0 Å². The van der Waals surface area contributed by atoms with Crippen molar-refractivity contribution in [2.24, 2.45) is 0 Å². The van der Waals surface area contributed by atoms with Crippen molar-refractivity contribution in [2.45, 2.75) is 32.2 Å². The summed E-state index contributed by atoms with van der Waals surface area (Å²) in [6, 6.07) is 12.0. The summed E-state index contributed by atoms with van der Waals surface area (Å²) in [5, 5.41) is 3.98. The number of fused-ring (bicyclic) bond motifs is 1. The number of anilines is 1. The zero-order valence-corrected chi connectivity index (χ0v) is 16.8. The minimum atomic E-state index is -0.130. The number of carbonyl (C=O) groups excluding carboxylic acids is 1. The van der Waals surface area contributed by atoms with Crippen molar-refractivity contribution in [1.82, 2.24) is 15.3 Å². The molecule has 6 heteroatoms. The van der Waals surface area contributed by atoms with Crippen molar-refractivity contribution in [3.63, 3.8) is 0 Å². The summed E-state index contributed by atoms with van der Waals surface area (Å²) in [6.45, 7) is 2.61. The van der Waals surface area contributed by atoms with Crippen LogP contribution in [-0.4, -0.2) is 29.0 Å². The Balaban J connectivity index is 1.40. The smallest absolute Gasteiger partial charge is 0.269 e. The Kier molecular flexibility index (Phi) is 5.43. The molecule has 1 aliphatic rings. The molecule has 3 heterocycles. The van der Waals surface area contributed by atoms with Crippen LogP contribution in [0.4, 0.5) is 5.82 Å². The molecule has 3 aromatic rings. The van der Waals surface area contributed by atoms with Gasteiger partial charge in [0.25, 0.3) is 5.91 Å². The fourth-order valence-electron chi connectivity index (χ4n) is 3.54. The minimum Gasteiger partial charge on any atom is -0.357 e. The molecule has 0 unspecified atom stereocenters. The first-order chi connectivity index (χ1) is 13.2. The molecule has 27 heavy (non-hydrogen) atoms. The van der Waals surface area contributed by atoms with Gasteiger partial charge in [0.2, 0.25) is 0 Å². The highest BCUT2D eigenvalue weighted by Crippen LogP contribution is 2.27. The van der Waals surface area contributed by atoms with Gasteiger partial charge in [0.1, 0.15) is 11.5 Å². The number of rotatable bonds is 4. The molecular formula is C21H23BrN4O. The van der Waals surface area contributed by atoms with E-state index >= 15 is 0 Å². The topological polar surface area (TPSA) is 61.0 Å². The average Bonchev–Trinajstić information content (AvgIpc) is 2.88. The molecule has 0 radical (unpaired) electrons. The molecule has 1 amide bonds. The van der Waals surface area contributed by atoms with Gasteiger partial charge in [0.15, 0.2) is 0 Å². The van der Waals surface area contributed by atoms with Crippen molar-refractivity contribution in [3.05, 3.63) is 58.3 Å². The van der Waals surface area contributed by atoms with Crippen LogP contribution in [0.5, 0.6) is 0 Å². The number of carbonyl (C=O) groups is 1. The van der Waals surface area contributed by atoms with Crippen LogP contribution in [0.1, 0.15) is 41.7 Å². The predicted molar refractivity (Wildman–Crippen MR) is 112 cm³/mol. The number of nitrogens with zero attached hydrogens (tertiary/aromatic N) is 2. The molecule has 1 fully saturated rings. The van der Waals surface area contributed by atoms with Gasteiger partial charge in [-0.05, 0) is 46.5 Å². The number of pyridine rings is 1. The van der Waals surface area contributed by atoms with Crippen molar-refractivity contribution >= 4 is 38.6 Å². The molecule has 2 N–H and O–H groups in total. The molecule has 1 saturated heterocycles. The minimum absolute atomic E-state index is 0.130. The third-order valence-corrected chi connectivity index (χ3v) is 5.89. The number of aromatic nitrogens is 2. The van der Waals surface area contributed by atoms with Crippen LogP contribution in [0.2, 0.25) is 0 Å². The van der Waals surface area contributed by atoms with Crippen molar-refractivity contribution < 1.29 is 4.79 Å². The van der Waals surface area contributed by atoms with Gasteiger partial charge >= 0.3 is 0 Å². The summed E-state index contributed by atoms with van der Waals surface area (Å²) in [4.78, 5) is 22.7. The zero-order chi connectivity index (χ0) is 18.6. The average molecular weight is 427 g/mol. The first-order valence-electron chi connectivity index (χ1n) is 9.46. The van der Waals surface area contributed by atoms with E-state index in [0.29, 0.717) is 12.2 Å². The highest BCUT2D eigenvalue weighted by Gasteiger charge is 2.16. The van der Waals surface area contributed by atoms with Crippen LogP contribution in [0.25, 0.3) is 10.9 Å². The number of hydrogen-bond acceptors (Lipinski definition) is 3. The first-order valence-corrected chi connectivity index (χ1v) is 10.3. The molecule has 5 nitrogen and oxygen atoms in total. The van der Waals surface area contributed by atoms with Gasteiger partial charge in [-0.15, -0.1) is 0 Å². The lowest BCUT2D eigenvalue weighted by Gasteiger charge is -2.21. The quantitative estimate of drug-likeness (QED) is 0.638. The monoisotopic (exact) mass is 426 g/mol. The number of nitrogens with one attached hydrogen (secondary N) is 2. The van der Waals surface area contributed by atoms with Gasteiger partial charge < -0.3 is 15.2 Å². The second-order valence-corrected chi connectivity index (χ2v) is 7.76. The normalized spacial score (nSPS) is 14.9. The number of aromatic amines is 1. The van der Waals surface area contributed by atoms with Crippen LogP contribution < -0.4 is 10.2 Å². The van der Waals surface area contributed by atoms with Crippen LogP contribution in [0, 0.1) is 0 Å². The molecule has 0 spiro atoms. The second kappa shape index (κ2) is 8.13. The van der Waals surface area contributed by atoms with Crippen LogP contribution in [0.15, 0.2) is 47.1 Å². The summed E-state index contributed by atoms with van der Waals surface area (Å²) in [7, 11) is 0. The number of halogens is 1. The molecule has 1 aliphatic heterocycles. The van der Waals surface area contributed by atoms with Gasteiger partial charge in [-0.1, -0.05) is 37.1 Å². The number of hydrogen-bond donors (Lipinski definition) is 2. The molecule has 140 valence electrons. The van der Waals surface area contributed by atoms with E-state index in [9.17, 15) is 4.79 Å². The van der Waals surface area contributed by atoms with E-state index in [1.165, 1.54) is 25.7 Å². The number of amides is 1. The maximum Gasteiger partial charge on any atom is 0.269 e. The van der Waals surface area contributed by atoms with Crippen molar-refractivity contribution in [3.8, 4) is 0 Å². The van der Waals surface area contributed by atoms with E-state index in [0.717, 1.165) is 39.8 Å². The van der Waals surface area contributed by atoms with E-state index in [-0.39, 0.29) is 5.91 Å². The third-order valence-electron chi connectivity index (χ3n) is 5.06.